The normalized spacial score (nSPS) is 10.6. The molecule has 0 bridgehead atoms. The molecule has 3 rings (SSSR count). The number of hydrogen-bond acceptors (Lipinski definition) is 3. The quantitative estimate of drug-likeness (QED) is 0.369. The summed E-state index contributed by atoms with van der Waals surface area (Å²) in [6.07, 6.45) is 0. The fraction of sp³-hybridized carbons (Fsp3) is 0.174. The van der Waals surface area contributed by atoms with Crippen LogP contribution in [0.2, 0.25) is 5.02 Å². The highest BCUT2D eigenvalue weighted by Crippen LogP contribution is 2.24. The van der Waals surface area contributed by atoms with Gasteiger partial charge in [0.25, 0.3) is 5.91 Å². The number of amides is 1. The van der Waals surface area contributed by atoms with Gasteiger partial charge in [0.1, 0.15) is 0 Å². The molecular weight excluding hydrogens is 390 g/mol. The van der Waals surface area contributed by atoms with Crippen LogP contribution in [0.4, 0.5) is 0 Å². The third-order valence-corrected chi connectivity index (χ3v) is 5.41. The van der Waals surface area contributed by atoms with E-state index in [4.69, 9.17) is 16.3 Å². The summed E-state index contributed by atoms with van der Waals surface area (Å²) in [5.74, 6) is 0.761. The molecule has 0 atom stereocenters. The molecule has 144 valence electrons. The highest BCUT2D eigenvalue weighted by Gasteiger charge is 2.05. The van der Waals surface area contributed by atoms with Gasteiger partial charge in [0, 0.05) is 27.8 Å². The zero-order chi connectivity index (χ0) is 19.6. The van der Waals surface area contributed by atoms with Gasteiger partial charge in [-0.2, -0.15) is 0 Å². The Hall–Kier alpha value is -2.27. The summed E-state index contributed by atoms with van der Waals surface area (Å²) >= 11 is 7.64. The molecule has 0 fully saturated rings. The molecule has 0 spiro atoms. The molecule has 0 saturated carbocycles. The third-order valence-electron chi connectivity index (χ3n) is 4.08. The molecule has 0 aliphatic heterocycles. The van der Waals surface area contributed by atoms with Crippen LogP contribution in [0.15, 0.2) is 83.8 Å². The number of carbonyl (C=O) groups is 1. The Bertz CT molecular complexity index is 867. The fourth-order valence-corrected chi connectivity index (χ4v) is 3.53. The Morgan fingerprint density at radius 2 is 1.61 bits per heavy atom. The second kappa shape index (κ2) is 10.9. The number of benzene rings is 3. The van der Waals surface area contributed by atoms with E-state index in [1.54, 1.807) is 11.8 Å². The Labute approximate surface area is 175 Å². The van der Waals surface area contributed by atoms with E-state index in [1.165, 1.54) is 10.5 Å². The van der Waals surface area contributed by atoms with Crippen LogP contribution in [0.3, 0.4) is 0 Å². The van der Waals surface area contributed by atoms with Gasteiger partial charge in [-0.15, -0.1) is 11.8 Å². The maximum Gasteiger partial charge on any atom is 0.251 e. The Morgan fingerprint density at radius 3 is 2.32 bits per heavy atom. The zero-order valence-corrected chi connectivity index (χ0v) is 17.0. The van der Waals surface area contributed by atoms with Crippen molar-refractivity contribution < 1.29 is 9.53 Å². The summed E-state index contributed by atoms with van der Waals surface area (Å²) in [4.78, 5) is 13.4. The number of halogens is 1. The van der Waals surface area contributed by atoms with Crippen molar-refractivity contribution in [3.05, 3.63) is 101 Å². The van der Waals surface area contributed by atoms with Crippen molar-refractivity contribution in [2.24, 2.45) is 0 Å². The fourth-order valence-electron chi connectivity index (χ4n) is 2.55. The van der Waals surface area contributed by atoms with E-state index in [-0.39, 0.29) is 5.91 Å². The van der Waals surface area contributed by atoms with Crippen molar-refractivity contribution in [3.63, 3.8) is 0 Å². The van der Waals surface area contributed by atoms with E-state index in [9.17, 15) is 4.79 Å². The van der Waals surface area contributed by atoms with E-state index in [2.05, 4.69) is 5.32 Å². The highest BCUT2D eigenvalue weighted by atomic mass is 35.5. The molecule has 3 nitrogen and oxygen atoms in total. The van der Waals surface area contributed by atoms with Crippen LogP contribution in [0.5, 0.6) is 0 Å². The summed E-state index contributed by atoms with van der Waals surface area (Å²) in [6, 6.07) is 25.5. The molecule has 1 amide bonds. The first-order valence-corrected chi connectivity index (χ1v) is 10.4. The molecule has 1 N–H and O–H groups in total. The van der Waals surface area contributed by atoms with Crippen molar-refractivity contribution in [3.8, 4) is 0 Å². The van der Waals surface area contributed by atoms with E-state index < -0.39 is 0 Å². The molecule has 3 aromatic rings. The van der Waals surface area contributed by atoms with Gasteiger partial charge >= 0.3 is 0 Å². The zero-order valence-electron chi connectivity index (χ0n) is 15.4. The second-order valence-electron chi connectivity index (χ2n) is 6.23. The molecule has 0 aliphatic carbocycles. The Balaban J connectivity index is 1.37. The van der Waals surface area contributed by atoms with Gasteiger partial charge < -0.3 is 10.1 Å². The lowest BCUT2D eigenvalue weighted by molar-refractivity contribution is 0.0901. The number of thioether (sulfide) groups is 1. The van der Waals surface area contributed by atoms with Crippen molar-refractivity contribution in [2.75, 3.05) is 13.2 Å². The van der Waals surface area contributed by atoms with Gasteiger partial charge in [-0.1, -0.05) is 54.1 Å². The van der Waals surface area contributed by atoms with Crippen LogP contribution >= 0.6 is 23.4 Å². The van der Waals surface area contributed by atoms with Gasteiger partial charge in [0.15, 0.2) is 0 Å². The van der Waals surface area contributed by atoms with Crippen molar-refractivity contribution >= 4 is 29.3 Å². The van der Waals surface area contributed by atoms with Gasteiger partial charge in [0.05, 0.1) is 13.2 Å². The number of hydrogen-bond donors (Lipinski definition) is 1. The highest BCUT2D eigenvalue weighted by molar-refractivity contribution is 7.98. The molecule has 0 aromatic heterocycles. The van der Waals surface area contributed by atoms with E-state index in [1.807, 2.05) is 78.9 Å². The van der Waals surface area contributed by atoms with Crippen LogP contribution < -0.4 is 5.32 Å². The smallest absolute Gasteiger partial charge is 0.251 e. The maximum atomic E-state index is 12.2. The van der Waals surface area contributed by atoms with Crippen molar-refractivity contribution in [1.29, 1.82) is 0 Å². The average molecular weight is 412 g/mol. The summed E-state index contributed by atoms with van der Waals surface area (Å²) in [6.45, 7) is 1.52. The minimum absolute atomic E-state index is 0.0831. The standard InChI is InChI=1S/C23H22ClNO2S/c24-21-10-12-22(13-11-21)28-17-19-6-8-20(9-7-19)23(26)25-14-15-27-16-18-4-2-1-3-5-18/h1-13H,14-17H2,(H,25,26). The molecule has 28 heavy (non-hydrogen) atoms. The lowest BCUT2D eigenvalue weighted by atomic mass is 10.1. The van der Waals surface area contributed by atoms with Crippen molar-refractivity contribution in [2.45, 2.75) is 17.3 Å². The first-order valence-electron chi connectivity index (χ1n) is 9.08. The first kappa shape index (κ1) is 20.5. The molecule has 0 heterocycles. The van der Waals surface area contributed by atoms with E-state index >= 15 is 0 Å². The summed E-state index contributed by atoms with van der Waals surface area (Å²) in [5, 5.41) is 3.63. The topological polar surface area (TPSA) is 38.3 Å². The van der Waals surface area contributed by atoms with Gasteiger partial charge in [-0.05, 0) is 47.5 Å². The maximum absolute atomic E-state index is 12.2. The summed E-state index contributed by atoms with van der Waals surface area (Å²) in [5.41, 5.74) is 2.95. The summed E-state index contributed by atoms with van der Waals surface area (Å²) < 4.78 is 5.58. The SMILES string of the molecule is O=C(NCCOCc1ccccc1)c1ccc(CSc2ccc(Cl)cc2)cc1. The third kappa shape index (κ3) is 6.71. The largest absolute Gasteiger partial charge is 0.375 e. The molecule has 0 saturated heterocycles. The molecule has 0 aliphatic rings. The number of nitrogens with one attached hydrogen (secondary N) is 1. The predicted molar refractivity (Wildman–Crippen MR) is 116 cm³/mol. The van der Waals surface area contributed by atoms with E-state index in [0.29, 0.717) is 25.3 Å². The van der Waals surface area contributed by atoms with Crippen molar-refractivity contribution in [1.82, 2.24) is 5.32 Å². The molecular formula is C23H22ClNO2S. The predicted octanol–water partition coefficient (Wildman–Crippen LogP) is 5.58. The van der Waals surface area contributed by atoms with Crippen LogP contribution in [0.1, 0.15) is 21.5 Å². The Kier molecular flexibility index (Phi) is 7.97. The van der Waals surface area contributed by atoms with E-state index in [0.717, 1.165) is 16.3 Å². The number of ether oxygens (including phenoxy) is 1. The van der Waals surface area contributed by atoms with Gasteiger partial charge in [0.2, 0.25) is 0 Å². The Morgan fingerprint density at radius 1 is 0.893 bits per heavy atom. The molecule has 0 radical (unpaired) electrons. The molecule has 0 unspecified atom stereocenters. The summed E-state index contributed by atoms with van der Waals surface area (Å²) in [7, 11) is 0. The molecule has 5 heteroatoms. The van der Waals surface area contributed by atoms with Gasteiger partial charge in [-0.3, -0.25) is 4.79 Å². The minimum Gasteiger partial charge on any atom is -0.375 e. The van der Waals surface area contributed by atoms with Gasteiger partial charge in [-0.25, -0.2) is 0 Å². The monoisotopic (exact) mass is 411 g/mol. The van der Waals surface area contributed by atoms with Crippen LogP contribution in [0, 0.1) is 0 Å². The first-order chi connectivity index (χ1) is 13.7. The van der Waals surface area contributed by atoms with Crippen LogP contribution in [-0.4, -0.2) is 19.1 Å². The van der Waals surface area contributed by atoms with Crippen LogP contribution in [-0.2, 0) is 17.1 Å². The average Bonchev–Trinajstić information content (AvgIpc) is 2.74. The molecule has 3 aromatic carbocycles. The number of carbonyl (C=O) groups excluding carboxylic acids is 1. The lowest BCUT2D eigenvalue weighted by Gasteiger charge is -2.08. The van der Waals surface area contributed by atoms with Crippen LogP contribution in [0.25, 0.3) is 0 Å². The lowest BCUT2D eigenvalue weighted by Crippen LogP contribution is -2.27. The number of rotatable bonds is 9. The second-order valence-corrected chi connectivity index (χ2v) is 7.72. The minimum atomic E-state index is -0.0831.